The van der Waals surface area contributed by atoms with E-state index in [-0.39, 0.29) is 29.8 Å². The second-order valence-electron chi connectivity index (χ2n) is 9.08. The molecule has 0 saturated carbocycles. The second-order valence-corrected chi connectivity index (χ2v) is 9.08. The molecule has 0 aliphatic carbocycles. The summed E-state index contributed by atoms with van der Waals surface area (Å²) in [6.45, 7) is 6.54. The van der Waals surface area contributed by atoms with E-state index in [0.29, 0.717) is 18.4 Å². The summed E-state index contributed by atoms with van der Waals surface area (Å²) in [5, 5.41) is 28.4. The number of hydrogen-bond acceptors (Lipinski definition) is 11. The van der Waals surface area contributed by atoms with Crippen molar-refractivity contribution in [3.8, 4) is 6.07 Å². The molecule has 1 aliphatic heterocycles. The summed E-state index contributed by atoms with van der Waals surface area (Å²) in [6.07, 6.45) is -2.04. The number of nitrogens with two attached hydrogens (primary N) is 1. The van der Waals surface area contributed by atoms with Gasteiger partial charge in [-0.1, -0.05) is 27.7 Å². The van der Waals surface area contributed by atoms with E-state index in [1.54, 1.807) is 26.8 Å². The summed E-state index contributed by atoms with van der Waals surface area (Å²) in [4.78, 5) is 40.7. The number of nitrogens with one attached hydrogen (secondary N) is 1. The first kappa shape index (κ1) is 28.0. The van der Waals surface area contributed by atoms with Crippen molar-refractivity contribution in [2.45, 2.75) is 76.9 Å². The molecule has 4 N–H and O–H groups in total. The molecule has 3 rings (SSSR count). The molecule has 13 heteroatoms. The summed E-state index contributed by atoms with van der Waals surface area (Å²) in [6, 6.07) is 4.15. The molecule has 1 fully saturated rings. The summed E-state index contributed by atoms with van der Waals surface area (Å²) in [7, 11) is 0. The van der Waals surface area contributed by atoms with Crippen LogP contribution in [0.15, 0.2) is 18.5 Å². The van der Waals surface area contributed by atoms with E-state index in [0.717, 1.165) is 0 Å². The molecule has 0 aromatic carbocycles. The molecule has 200 valence electrons. The second kappa shape index (κ2) is 11.6. The molecule has 5 atom stereocenters. The third kappa shape index (κ3) is 5.56. The molecule has 0 bridgehead atoms. The Morgan fingerprint density at radius 2 is 2.08 bits per heavy atom. The molecule has 3 heterocycles. The lowest BCUT2D eigenvalue weighted by Gasteiger charge is -2.24. The molecule has 2 aromatic heterocycles. The van der Waals surface area contributed by atoms with Gasteiger partial charge in [0.25, 0.3) is 0 Å². The topological polar surface area (TPSA) is 191 Å². The van der Waals surface area contributed by atoms with Gasteiger partial charge in [0.15, 0.2) is 11.9 Å². The summed E-state index contributed by atoms with van der Waals surface area (Å²) >= 11 is 0. The standard InChI is InChI=1S/C24H32N6O7/c1-5-7-17(31)29-22-14-8-9-16(30(14)28-12-27-22)24(11-25)21(33)20(36-18(32)6-2)15(37-24)10-35-23(34)19(26)13(3)4/h8-9,12-13,15,19-21,33H,5-7,10,26H2,1-4H3,(H,27,28,29,31)/t15-,19?,20-,21-,24+/m1/s1. The van der Waals surface area contributed by atoms with Crippen LogP contribution >= 0.6 is 0 Å². The number of carbonyl (C=O) groups is 3. The van der Waals surface area contributed by atoms with Gasteiger partial charge in [-0.05, 0) is 24.5 Å². The fourth-order valence-electron chi connectivity index (χ4n) is 3.94. The number of esters is 2. The first-order valence-electron chi connectivity index (χ1n) is 12.1. The number of aromatic nitrogens is 3. The van der Waals surface area contributed by atoms with Crippen molar-refractivity contribution in [3.05, 3.63) is 24.2 Å². The van der Waals surface area contributed by atoms with Gasteiger partial charge in [0.1, 0.15) is 42.8 Å². The van der Waals surface area contributed by atoms with Crippen molar-refractivity contribution in [2.75, 3.05) is 11.9 Å². The molecular formula is C24H32N6O7. The van der Waals surface area contributed by atoms with Crippen LogP contribution < -0.4 is 11.1 Å². The number of carbonyl (C=O) groups excluding carboxylic acids is 3. The predicted octanol–water partition coefficient (Wildman–Crippen LogP) is 0.795. The largest absolute Gasteiger partial charge is 0.462 e. The Bertz CT molecular complexity index is 1190. The summed E-state index contributed by atoms with van der Waals surface area (Å²) < 4.78 is 18.0. The number of aliphatic hydroxyl groups is 1. The minimum absolute atomic E-state index is 0.00953. The maximum absolute atomic E-state index is 12.3. The van der Waals surface area contributed by atoms with E-state index in [2.05, 4.69) is 15.4 Å². The van der Waals surface area contributed by atoms with Gasteiger partial charge in [-0.25, -0.2) is 9.50 Å². The van der Waals surface area contributed by atoms with E-state index in [9.17, 15) is 24.8 Å². The zero-order chi connectivity index (χ0) is 27.3. The van der Waals surface area contributed by atoms with E-state index in [1.165, 1.54) is 16.9 Å². The monoisotopic (exact) mass is 516 g/mol. The Balaban J connectivity index is 1.98. The molecule has 37 heavy (non-hydrogen) atoms. The Labute approximate surface area is 213 Å². The molecule has 1 saturated heterocycles. The van der Waals surface area contributed by atoms with Crippen molar-refractivity contribution >= 4 is 29.2 Å². The van der Waals surface area contributed by atoms with Crippen molar-refractivity contribution in [3.63, 3.8) is 0 Å². The molecule has 1 unspecified atom stereocenters. The molecular weight excluding hydrogens is 484 g/mol. The maximum atomic E-state index is 12.3. The third-order valence-corrected chi connectivity index (χ3v) is 6.10. The molecule has 1 aliphatic rings. The van der Waals surface area contributed by atoms with Gasteiger partial charge in [0.05, 0.1) is 5.69 Å². The van der Waals surface area contributed by atoms with E-state index in [4.69, 9.17) is 19.9 Å². The van der Waals surface area contributed by atoms with Crippen LogP contribution in [-0.4, -0.2) is 68.5 Å². The average molecular weight is 517 g/mol. The highest BCUT2D eigenvalue weighted by Crippen LogP contribution is 2.42. The number of aliphatic hydroxyl groups excluding tert-OH is 1. The van der Waals surface area contributed by atoms with E-state index in [1.807, 2.05) is 13.0 Å². The first-order valence-corrected chi connectivity index (χ1v) is 12.1. The van der Waals surface area contributed by atoms with Gasteiger partial charge in [-0.3, -0.25) is 14.4 Å². The quantitative estimate of drug-likeness (QED) is 0.378. The van der Waals surface area contributed by atoms with Crippen LogP contribution in [-0.2, 0) is 34.2 Å². The van der Waals surface area contributed by atoms with Crippen LogP contribution in [0.4, 0.5) is 5.82 Å². The lowest BCUT2D eigenvalue weighted by atomic mass is 9.92. The molecule has 2 aromatic rings. The molecule has 13 nitrogen and oxygen atoms in total. The predicted molar refractivity (Wildman–Crippen MR) is 129 cm³/mol. The number of nitrogens with zero attached hydrogens (tertiary/aromatic N) is 4. The first-order chi connectivity index (χ1) is 17.6. The fraction of sp³-hybridized carbons (Fsp3) is 0.583. The highest BCUT2D eigenvalue weighted by Gasteiger charge is 2.60. The fourth-order valence-corrected chi connectivity index (χ4v) is 3.94. The number of nitriles is 1. The number of rotatable bonds is 10. The minimum atomic E-state index is -2.05. The number of amides is 1. The Kier molecular flexibility index (Phi) is 8.80. The third-order valence-electron chi connectivity index (χ3n) is 6.10. The van der Waals surface area contributed by atoms with Crippen LogP contribution in [0.5, 0.6) is 0 Å². The zero-order valence-corrected chi connectivity index (χ0v) is 21.2. The van der Waals surface area contributed by atoms with Crippen molar-refractivity contribution < 1.29 is 33.7 Å². The lowest BCUT2D eigenvalue weighted by molar-refractivity contribution is -0.161. The number of hydrogen-bond donors (Lipinski definition) is 3. The Hall–Kier alpha value is -3.60. The van der Waals surface area contributed by atoms with Gasteiger partial charge >= 0.3 is 11.9 Å². The highest BCUT2D eigenvalue weighted by molar-refractivity contribution is 5.93. The summed E-state index contributed by atoms with van der Waals surface area (Å²) in [5.74, 6) is -1.56. The van der Waals surface area contributed by atoms with Crippen LogP contribution in [0.25, 0.3) is 5.52 Å². The van der Waals surface area contributed by atoms with Gasteiger partial charge in [0.2, 0.25) is 11.5 Å². The zero-order valence-electron chi connectivity index (χ0n) is 21.2. The van der Waals surface area contributed by atoms with E-state index < -0.39 is 48.5 Å². The molecule has 0 radical (unpaired) electrons. The van der Waals surface area contributed by atoms with Gasteiger partial charge in [0, 0.05) is 12.8 Å². The van der Waals surface area contributed by atoms with Gasteiger partial charge in [-0.15, -0.1) is 0 Å². The highest BCUT2D eigenvalue weighted by atomic mass is 16.6. The lowest BCUT2D eigenvalue weighted by Crippen LogP contribution is -2.43. The van der Waals surface area contributed by atoms with Crippen LogP contribution in [0.2, 0.25) is 0 Å². The number of anilines is 1. The molecule has 0 spiro atoms. The Morgan fingerprint density at radius 3 is 2.70 bits per heavy atom. The van der Waals surface area contributed by atoms with Crippen LogP contribution in [0, 0.1) is 17.2 Å². The van der Waals surface area contributed by atoms with Gasteiger partial charge in [-0.2, -0.15) is 10.4 Å². The number of ether oxygens (including phenoxy) is 3. The van der Waals surface area contributed by atoms with Crippen molar-refractivity contribution in [2.24, 2.45) is 11.7 Å². The average Bonchev–Trinajstić information content (AvgIpc) is 3.42. The smallest absolute Gasteiger partial charge is 0.323 e. The SMILES string of the molecule is CCCC(=O)Nc1ncnn2c([C@]3(C#N)O[C@H](COC(=O)C(N)C(C)C)[C@@H](OC(=O)CC)[C@H]3O)ccc12. The molecule has 1 amide bonds. The minimum Gasteiger partial charge on any atom is -0.462 e. The van der Waals surface area contributed by atoms with Crippen LogP contribution in [0.1, 0.15) is 52.7 Å². The Morgan fingerprint density at radius 1 is 1.35 bits per heavy atom. The normalized spacial score (nSPS) is 24.0. The van der Waals surface area contributed by atoms with Gasteiger partial charge < -0.3 is 30.4 Å². The van der Waals surface area contributed by atoms with Crippen LogP contribution in [0.3, 0.4) is 0 Å². The van der Waals surface area contributed by atoms with Crippen molar-refractivity contribution in [1.82, 2.24) is 14.6 Å². The van der Waals surface area contributed by atoms with Crippen molar-refractivity contribution in [1.29, 1.82) is 5.26 Å². The summed E-state index contributed by atoms with van der Waals surface area (Å²) in [5.41, 5.74) is 4.25. The van der Waals surface area contributed by atoms with E-state index >= 15 is 0 Å². The maximum Gasteiger partial charge on any atom is 0.323 e. The number of fused-ring (bicyclic) bond motifs is 1.